The number of aliphatic hydroxyl groups excluding tert-OH is 1. The first-order valence-corrected chi connectivity index (χ1v) is 6.50. The Hall–Kier alpha value is -2.28. The fourth-order valence-corrected chi connectivity index (χ4v) is 1.77. The van der Waals surface area contributed by atoms with Crippen molar-refractivity contribution in [2.24, 2.45) is 0 Å². The molecule has 0 spiro atoms. The van der Waals surface area contributed by atoms with Crippen LogP contribution in [0.2, 0.25) is 0 Å². The summed E-state index contributed by atoms with van der Waals surface area (Å²) in [5, 5.41) is 11.4. The number of likely N-dealkylation sites (N-methyl/N-ethyl adjacent to an activating group) is 1. The minimum atomic E-state index is -0.766. The van der Waals surface area contributed by atoms with Crippen LogP contribution in [0.3, 0.4) is 0 Å². The van der Waals surface area contributed by atoms with E-state index in [9.17, 15) is 9.59 Å². The highest BCUT2D eigenvalue weighted by Gasteiger charge is 2.20. The Morgan fingerprint density at radius 3 is 2.43 bits per heavy atom. The Labute approximate surface area is 123 Å². The van der Waals surface area contributed by atoms with Gasteiger partial charge in [0.1, 0.15) is 0 Å². The maximum absolute atomic E-state index is 11.9. The van der Waals surface area contributed by atoms with Gasteiger partial charge in [0.2, 0.25) is 0 Å². The molecule has 0 unspecified atom stereocenters. The van der Waals surface area contributed by atoms with E-state index in [1.807, 2.05) is 0 Å². The van der Waals surface area contributed by atoms with Gasteiger partial charge >= 0.3 is 11.8 Å². The monoisotopic (exact) mass is 296 g/mol. The van der Waals surface area contributed by atoms with Crippen molar-refractivity contribution in [2.45, 2.75) is 6.92 Å². The Bertz CT molecular complexity index is 504. The number of amides is 2. The van der Waals surface area contributed by atoms with E-state index in [-0.39, 0.29) is 13.2 Å². The third-order valence-corrected chi connectivity index (χ3v) is 2.87. The summed E-state index contributed by atoms with van der Waals surface area (Å²) in [5.41, 5.74) is 0.422. The molecular formula is C14H20N2O5. The Kier molecular flexibility index (Phi) is 6.48. The molecule has 0 aliphatic heterocycles. The zero-order valence-corrected chi connectivity index (χ0v) is 12.4. The number of carbonyl (C=O) groups is 2. The van der Waals surface area contributed by atoms with E-state index in [0.717, 1.165) is 0 Å². The Morgan fingerprint density at radius 2 is 1.90 bits per heavy atom. The van der Waals surface area contributed by atoms with Crippen LogP contribution in [0.25, 0.3) is 0 Å². The van der Waals surface area contributed by atoms with Gasteiger partial charge in [0, 0.05) is 24.8 Å². The molecule has 0 radical (unpaired) electrons. The number of anilines is 1. The molecule has 2 N–H and O–H groups in total. The van der Waals surface area contributed by atoms with E-state index in [1.54, 1.807) is 25.1 Å². The molecule has 0 aliphatic rings. The van der Waals surface area contributed by atoms with Gasteiger partial charge in [0.05, 0.1) is 20.8 Å². The lowest BCUT2D eigenvalue weighted by atomic mass is 10.2. The number of benzene rings is 1. The summed E-state index contributed by atoms with van der Waals surface area (Å²) >= 11 is 0. The lowest BCUT2D eigenvalue weighted by molar-refractivity contribution is -0.143. The number of hydrogen-bond acceptors (Lipinski definition) is 5. The van der Waals surface area contributed by atoms with Crippen LogP contribution >= 0.6 is 0 Å². The summed E-state index contributed by atoms with van der Waals surface area (Å²) in [6, 6.07) is 4.80. The van der Waals surface area contributed by atoms with Gasteiger partial charge in [-0.15, -0.1) is 0 Å². The minimum absolute atomic E-state index is 0.120. The Balaban J connectivity index is 2.80. The summed E-state index contributed by atoms with van der Waals surface area (Å²) in [4.78, 5) is 25.0. The fraction of sp³-hybridized carbons (Fsp3) is 0.429. The minimum Gasteiger partial charge on any atom is -0.493 e. The van der Waals surface area contributed by atoms with Crippen molar-refractivity contribution in [2.75, 3.05) is 39.2 Å². The highest BCUT2D eigenvalue weighted by atomic mass is 16.5. The van der Waals surface area contributed by atoms with Crippen LogP contribution < -0.4 is 14.8 Å². The molecule has 21 heavy (non-hydrogen) atoms. The number of hydrogen-bond donors (Lipinski definition) is 2. The third-order valence-electron chi connectivity index (χ3n) is 2.87. The number of nitrogens with one attached hydrogen (secondary N) is 1. The molecule has 0 aliphatic carbocycles. The number of rotatable bonds is 6. The van der Waals surface area contributed by atoms with Crippen LogP contribution in [0.15, 0.2) is 18.2 Å². The third kappa shape index (κ3) is 4.35. The number of nitrogens with zero attached hydrogens (tertiary/aromatic N) is 1. The smallest absolute Gasteiger partial charge is 0.313 e. The van der Waals surface area contributed by atoms with Gasteiger partial charge in [0.25, 0.3) is 0 Å². The molecule has 0 aromatic heterocycles. The van der Waals surface area contributed by atoms with Crippen LogP contribution in [0, 0.1) is 0 Å². The molecule has 0 atom stereocenters. The van der Waals surface area contributed by atoms with Crippen LogP contribution in [-0.4, -0.2) is 55.7 Å². The van der Waals surface area contributed by atoms with Gasteiger partial charge < -0.3 is 24.8 Å². The zero-order valence-electron chi connectivity index (χ0n) is 12.4. The molecule has 1 aromatic carbocycles. The van der Waals surface area contributed by atoms with E-state index < -0.39 is 11.8 Å². The van der Waals surface area contributed by atoms with Gasteiger partial charge in [-0.1, -0.05) is 0 Å². The van der Waals surface area contributed by atoms with Gasteiger partial charge in [-0.25, -0.2) is 0 Å². The maximum Gasteiger partial charge on any atom is 0.313 e. The van der Waals surface area contributed by atoms with Crippen molar-refractivity contribution in [1.82, 2.24) is 4.90 Å². The highest BCUT2D eigenvalue weighted by Crippen LogP contribution is 2.29. The van der Waals surface area contributed by atoms with Crippen molar-refractivity contribution in [3.05, 3.63) is 18.2 Å². The van der Waals surface area contributed by atoms with Crippen LogP contribution in [0.4, 0.5) is 5.69 Å². The largest absolute Gasteiger partial charge is 0.493 e. The molecule has 0 bridgehead atoms. The SMILES string of the molecule is CCN(CCO)C(=O)C(=O)Nc1ccc(OC)c(OC)c1. The standard InChI is InChI=1S/C14H20N2O5/c1-4-16(7-8-17)14(19)13(18)15-10-5-6-11(20-2)12(9-10)21-3/h5-6,9,17H,4,7-8H2,1-3H3,(H,15,18). The van der Waals surface area contributed by atoms with E-state index in [1.165, 1.54) is 19.1 Å². The molecule has 0 fully saturated rings. The molecule has 1 aromatic rings. The van der Waals surface area contributed by atoms with E-state index in [4.69, 9.17) is 14.6 Å². The van der Waals surface area contributed by atoms with Crippen LogP contribution in [0.5, 0.6) is 11.5 Å². The second-order valence-electron chi connectivity index (χ2n) is 4.13. The number of carbonyl (C=O) groups excluding carboxylic acids is 2. The zero-order chi connectivity index (χ0) is 15.8. The van der Waals surface area contributed by atoms with Crippen molar-refractivity contribution in [3.63, 3.8) is 0 Å². The van der Waals surface area contributed by atoms with Crippen molar-refractivity contribution in [3.8, 4) is 11.5 Å². The van der Waals surface area contributed by atoms with E-state index >= 15 is 0 Å². The van der Waals surface area contributed by atoms with Gasteiger partial charge in [-0.2, -0.15) is 0 Å². The fourth-order valence-electron chi connectivity index (χ4n) is 1.77. The second kappa shape index (κ2) is 8.11. The number of methoxy groups -OCH3 is 2. The predicted octanol–water partition coefficient (Wildman–Crippen LogP) is 0.483. The molecular weight excluding hydrogens is 276 g/mol. The van der Waals surface area contributed by atoms with Crippen LogP contribution in [0.1, 0.15) is 6.92 Å². The molecule has 7 heteroatoms. The lowest BCUT2D eigenvalue weighted by Crippen LogP contribution is -2.41. The second-order valence-corrected chi connectivity index (χ2v) is 4.13. The molecule has 1 rings (SSSR count). The lowest BCUT2D eigenvalue weighted by Gasteiger charge is -2.19. The molecule has 0 saturated carbocycles. The average Bonchev–Trinajstić information content (AvgIpc) is 2.51. The van der Waals surface area contributed by atoms with Crippen LogP contribution in [-0.2, 0) is 9.59 Å². The van der Waals surface area contributed by atoms with Crippen molar-refractivity contribution < 1.29 is 24.2 Å². The van der Waals surface area contributed by atoms with Crippen molar-refractivity contribution in [1.29, 1.82) is 0 Å². The first kappa shape index (κ1) is 16.8. The normalized spacial score (nSPS) is 9.90. The van der Waals surface area contributed by atoms with Gasteiger partial charge in [0.15, 0.2) is 11.5 Å². The summed E-state index contributed by atoms with van der Waals surface area (Å²) in [5.74, 6) is -0.485. The summed E-state index contributed by atoms with van der Waals surface area (Å²) in [6.07, 6.45) is 0. The number of ether oxygens (including phenoxy) is 2. The molecule has 7 nitrogen and oxygen atoms in total. The van der Waals surface area contributed by atoms with Gasteiger partial charge in [-0.05, 0) is 19.1 Å². The quantitative estimate of drug-likeness (QED) is 0.746. The summed E-state index contributed by atoms with van der Waals surface area (Å²) in [7, 11) is 2.99. The molecule has 116 valence electrons. The van der Waals surface area contributed by atoms with Crippen molar-refractivity contribution >= 4 is 17.5 Å². The Morgan fingerprint density at radius 1 is 1.24 bits per heavy atom. The maximum atomic E-state index is 11.9. The first-order chi connectivity index (χ1) is 10.1. The molecule has 0 heterocycles. The average molecular weight is 296 g/mol. The summed E-state index contributed by atoms with van der Waals surface area (Å²) < 4.78 is 10.2. The topological polar surface area (TPSA) is 88.1 Å². The summed E-state index contributed by atoms with van der Waals surface area (Å²) in [6.45, 7) is 2.01. The van der Waals surface area contributed by atoms with Gasteiger partial charge in [-0.3, -0.25) is 9.59 Å². The molecule has 0 saturated heterocycles. The first-order valence-electron chi connectivity index (χ1n) is 6.50. The van der Waals surface area contributed by atoms with E-state index in [0.29, 0.717) is 23.7 Å². The predicted molar refractivity (Wildman–Crippen MR) is 77.5 cm³/mol. The van der Waals surface area contributed by atoms with E-state index in [2.05, 4.69) is 5.32 Å². The number of aliphatic hydroxyl groups is 1. The molecule has 2 amide bonds. The highest BCUT2D eigenvalue weighted by molar-refractivity contribution is 6.39.